The van der Waals surface area contributed by atoms with Gasteiger partial charge in [0, 0.05) is 5.56 Å². The second kappa shape index (κ2) is 7.32. The average Bonchev–Trinajstić information content (AvgIpc) is 3.10. The van der Waals surface area contributed by atoms with E-state index in [0.29, 0.717) is 17.4 Å². The molecule has 6 heteroatoms. The van der Waals surface area contributed by atoms with Gasteiger partial charge < -0.3 is 20.2 Å². The fourth-order valence-electron chi connectivity index (χ4n) is 2.20. The Kier molecular flexibility index (Phi) is 4.76. The van der Waals surface area contributed by atoms with E-state index in [4.69, 9.17) is 14.9 Å². The van der Waals surface area contributed by atoms with E-state index in [1.54, 1.807) is 13.3 Å². The molecule has 3 rings (SSSR count). The lowest BCUT2D eigenvalue weighted by Gasteiger charge is -2.09. The molecule has 3 aromatic rings. The van der Waals surface area contributed by atoms with Crippen LogP contribution >= 0.6 is 0 Å². The third-order valence-corrected chi connectivity index (χ3v) is 3.37. The summed E-state index contributed by atoms with van der Waals surface area (Å²) in [6, 6.07) is 17.3. The molecule has 0 saturated heterocycles. The molecule has 122 valence electrons. The number of benzene rings is 2. The lowest BCUT2D eigenvalue weighted by molar-refractivity contribution is 0.417. The average molecular weight is 322 g/mol. The molecule has 0 aliphatic rings. The molecule has 1 aromatic heterocycles. The number of nitrogens with one attached hydrogen (secondary N) is 1. The van der Waals surface area contributed by atoms with E-state index in [9.17, 15) is 0 Å². The van der Waals surface area contributed by atoms with Crippen molar-refractivity contribution in [2.45, 2.75) is 6.54 Å². The number of nitrogens with zero attached hydrogens (tertiary/aromatic N) is 2. The van der Waals surface area contributed by atoms with Crippen LogP contribution in [0, 0.1) is 0 Å². The lowest BCUT2D eigenvalue weighted by Crippen LogP contribution is -2.22. The zero-order chi connectivity index (χ0) is 16.8. The van der Waals surface area contributed by atoms with Gasteiger partial charge in [0.15, 0.2) is 11.7 Å². The minimum Gasteiger partial charge on any atom is -0.495 e. The first-order valence-corrected chi connectivity index (χ1v) is 7.46. The zero-order valence-electron chi connectivity index (χ0n) is 13.3. The molecule has 0 saturated carbocycles. The summed E-state index contributed by atoms with van der Waals surface area (Å²) in [5, 5.41) is 3.00. The quantitative estimate of drug-likeness (QED) is 0.556. The van der Waals surface area contributed by atoms with Crippen LogP contribution in [0.1, 0.15) is 5.89 Å². The Morgan fingerprint density at radius 2 is 1.92 bits per heavy atom. The van der Waals surface area contributed by atoms with Gasteiger partial charge in [-0.25, -0.2) is 9.98 Å². The van der Waals surface area contributed by atoms with Crippen LogP contribution in [0.25, 0.3) is 11.3 Å². The highest BCUT2D eigenvalue weighted by molar-refractivity contribution is 5.93. The molecule has 1 heterocycles. The Morgan fingerprint density at radius 1 is 1.17 bits per heavy atom. The van der Waals surface area contributed by atoms with Gasteiger partial charge in [0.1, 0.15) is 12.3 Å². The van der Waals surface area contributed by atoms with Gasteiger partial charge in [-0.2, -0.15) is 0 Å². The molecule has 0 atom stereocenters. The van der Waals surface area contributed by atoms with Crippen molar-refractivity contribution in [1.82, 2.24) is 4.98 Å². The number of para-hydroxylation sites is 2. The molecule has 0 aliphatic carbocycles. The number of oxazole rings is 1. The van der Waals surface area contributed by atoms with Gasteiger partial charge in [-0.1, -0.05) is 42.5 Å². The van der Waals surface area contributed by atoms with Crippen molar-refractivity contribution in [3.05, 3.63) is 66.7 Å². The number of methoxy groups -OCH3 is 1. The second-order valence-corrected chi connectivity index (χ2v) is 5.01. The highest BCUT2D eigenvalue weighted by atomic mass is 16.5. The van der Waals surface area contributed by atoms with Crippen LogP contribution < -0.4 is 15.8 Å². The molecule has 24 heavy (non-hydrogen) atoms. The number of hydrogen-bond acceptors (Lipinski definition) is 4. The molecule has 0 radical (unpaired) electrons. The second-order valence-electron chi connectivity index (χ2n) is 5.01. The van der Waals surface area contributed by atoms with E-state index < -0.39 is 0 Å². The Bertz CT molecular complexity index is 828. The monoisotopic (exact) mass is 322 g/mol. The molecule has 6 nitrogen and oxygen atoms in total. The molecule has 0 spiro atoms. The van der Waals surface area contributed by atoms with Crippen molar-refractivity contribution in [3.8, 4) is 17.1 Å². The summed E-state index contributed by atoms with van der Waals surface area (Å²) in [5.74, 6) is 2.16. The molecule has 3 N–H and O–H groups in total. The highest BCUT2D eigenvalue weighted by Crippen LogP contribution is 2.23. The molecule has 0 bridgehead atoms. The minimum absolute atomic E-state index is 0.251. The summed E-state index contributed by atoms with van der Waals surface area (Å²) >= 11 is 0. The van der Waals surface area contributed by atoms with E-state index in [1.165, 1.54) is 0 Å². The van der Waals surface area contributed by atoms with Gasteiger partial charge in [-0.15, -0.1) is 0 Å². The van der Waals surface area contributed by atoms with Crippen molar-refractivity contribution in [2.24, 2.45) is 10.7 Å². The Balaban J connectivity index is 1.66. The summed E-state index contributed by atoms with van der Waals surface area (Å²) in [6.07, 6.45) is 1.68. The fourth-order valence-corrected chi connectivity index (χ4v) is 2.20. The number of guanidine groups is 1. The van der Waals surface area contributed by atoms with Crippen LogP contribution in [0.2, 0.25) is 0 Å². The summed E-state index contributed by atoms with van der Waals surface area (Å²) in [5.41, 5.74) is 7.63. The smallest absolute Gasteiger partial charge is 0.216 e. The van der Waals surface area contributed by atoms with E-state index in [-0.39, 0.29) is 12.5 Å². The van der Waals surface area contributed by atoms with Crippen LogP contribution in [0.4, 0.5) is 5.69 Å². The first-order valence-electron chi connectivity index (χ1n) is 7.46. The van der Waals surface area contributed by atoms with Gasteiger partial charge in [0.05, 0.1) is 19.0 Å². The lowest BCUT2D eigenvalue weighted by atomic mass is 10.2. The number of rotatable bonds is 5. The summed E-state index contributed by atoms with van der Waals surface area (Å²) in [4.78, 5) is 8.47. The van der Waals surface area contributed by atoms with Crippen molar-refractivity contribution >= 4 is 11.6 Å². The third-order valence-electron chi connectivity index (χ3n) is 3.37. The van der Waals surface area contributed by atoms with Crippen molar-refractivity contribution in [3.63, 3.8) is 0 Å². The van der Waals surface area contributed by atoms with Crippen molar-refractivity contribution < 1.29 is 9.15 Å². The fraction of sp³-hybridized carbons (Fsp3) is 0.111. The van der Waals surface area contributed by atoms with Crippen LogP contribution in [-0.4, -0.2) is 18.1 Å². The van der Waals surface area contributed by atoms with Crippen molar-refractivity contribution in [2.75, 3.05) is 12.4 Å². The van der Waals surface area contributed by atoms with Crippen LogP contribution in [0.5, 0.6) is 5.75 Å². The molecule has 0 fully saturated rings. The maximum Gasteiger partial charge on any atom is 0.216 e. The van der Waals surface area contributed by atoms with Crippen molar-refractivity contribution in [1.29, 1.82) is 0 Å². The van der Waals surface area contributed by atoms with Gasteiger partial charge in [0.25, 0.3) is 0 Å². The normalized spacial score (nSPS) is 11.3. The number of hydrogen-bond donors (Lipinski definition) is 2. The van der Waals surface area contributed by atoms with E-state index in [2.05, 4.69) is 15.3 Å². The molecule has 0 aliphatic heterocycles. The molecule has 0 amide bonds. The minimum atomic E-state index is 0.251. The summed E-state index contributed by atoms with van der Waals surface area (Å²) in [6.45, 7) is 0.251. The molecule has 2 aromatic carbocycles. The molecule has 0 unspecified atom stereocenters. The topological polar surface area (TPSA) is 85.7 Å². The summed E-state index contributed by atoms with van der Waals surface area (Å²) < 4.78 is 10.9. The Labute approximate surface area is 140 Å². The summed E-state index contributed by atoms with van der Waals surface area (Å²) in [7, 11) is 1.60. The van der Waals surface area contributed by atoms with Crippen LogP contribution in [0.3, 0.4) is 0 Å². The van der Waals surface area contributed by atoms with E-state index >= 15 is 0 Å². The Morgan fingerprint density at radius 3 is 2.71 bits per heavy atom. The standard InChI is InChI=1S/C18H18N4O2/c1-23-15-10-6-5-9-14(15)22-18(19)21-12-17-20-11-16(24-17)13-7-3-2-4-8-13/h2-11H,12H2,1H3,(H3,19,21,22). The van der Waals surface area contributed by atoms with Crippen LogP contribution in [-0.2, 0) is 6.54 Å². The number of anilines is 1. The third kappa shape index (κ3) is 3.73. The maximum absolute atomic E-state index is 5.91. The van der Waals surface area contributed by atoms with Gasteiger partial charge in [0.2, 0.25) is 5.89 Å². The Hall–Kier alpha value is -3.28. The first-order chi connectivity index (χ1) is 11.8. The number of ether oxygens (including phenoxy) is 1. The zero-order valence-corrected chi connectivity index (χ0v) is 13.3. The number of nitrogens with two attached hydrogens (primary N) is 1. The predicted octanol–water partition coefficient (Wildman–Crippen LogP) is 3.28. The largest absolute Gasteiger partial charge is 0.495 e. The predicted molar refractivity (Wildman–Crippen MR) is 93.9 cm³/mol. The van der Waals surface area contributed by atoms with Crippen LogP contribution in [0.15, 0.2) is 70.2 Å². The van der Waals surface area contributed by atoms with Gasteiger partial charge in [-0.3, -0.25) is 0 Å². The first kappa shape index (κ1) is 15.6. The highest BCUT2D eigenvalue weighted by Gasteiger charge is 2.06. The number of aromatic nitrogens is 1. The van der Waals surface area contributed by atoms with Gasteiger partial charge in [-0.05, 0) is 12.1 Å². The number of aliphatic imine (C=N–C) groups is 1. The SMILES string of the molecule is COc1ccccc1NC(N)=NCc1ncc(-c2ccccc2)o1. The van der Waals surface area contributed by atoms with Gasteiger partial charge >= 0.3 is 0 Å². The maximum atomic E-state index is 5.91. The van der Waals surface area contributed by atoms with E-state index in [0.717, 1.165) is 11.3 Å². The molecular formula is C18H18N4O2. The van der Waals surface area contributed by atoms with E-state index in [1.807, 2.05) is 54.6 Å². The molecular weight excluding hydrogens is 304 g/mol.